The molecule has 0 unspecified atom stereocenters. The molecule has 0 aliphatic rings. The Hall–Kier alpha value is -2.05. The van der Waals surface area contributed by atoms with Crippen LogP contribution < -0.4 is 4.74 Å². The molecule has 0 bridgehead atoms. The van der Waals surface area contributed by atoms with E-state index in [-0.39, 0.29) is 18.2 Å². The van der Waals surface area contributed by atoms with Crippen LogP contribution in [0.25, 0.3) is 0 Å². The summed E-state index contributed by atoms with van der Waals surface area (Å²) in [5, 5.41) is 0. The molecule has 0 amide bonds. The van der Waals surface area contributed by atoms with Crippen molar-refractivity contribution >= 4 is 0 Å². The van der Waals surface area contributed by atoms with Crippen molar-refractivity contribution in [2.24, 2.45) is 0 Å². The largest absolute Gasteiger partial charge is 0.484 e. The lowest BCUT2D eigenvalue weighted by Crippen LogP contribution is -2.07. The standard InChI is InChI=1S/C10H8F3N3O/c11-8-2-1-7(5-15-8)17-6-9-14-3-4-16(9)10(12)13/h1-5,10H,6H2. The summed E-state index contributed by atoms with van der Waals surface area (Å²) in [5.41, 5.74) is 0. The topological polar surface area (TPSA) is 39.9 Å². The number of pyridine rings is 1. The van der Waals surface area contributed by atoms with Crippen molar-refractivity contribution in [1.29, 1.82) is 0 Å². The van der Waals surface area contributed by atoms with Crippen LogP contribution >= 0.6 is 0 Å². The number of nitrogens with zero attached hydrogens (tertiary/aromatic N) is 3. The van der Waals surface area contributed by atoms with E-state index in [1.54, 1.807) is 0 Å². The van der Waals surface area contributed by atoms with Gasteiger partial charge >= 0.3 is 6.55 Å². The quantitative estimate of drug-likeness (QED) is 0.774. The second-order valence-corrected chi connectivity index (χ2v) is 3.13. The summed E-state index contributed by atoms with van der Waals surface area (Å²) in [6.45, 7) is -2.80. The van der Waals surface area contributed by atoms with Crippen LogP contribution in [0.15, 0.2) is 30.7 Å². The number of hydrogen-bond donors (Lipinski definition) is 0. The molecular weight excluding hydrogens is 235 g/mol. The summed E-state index contributed by atoms with van der Waals surface area (Å²) in [6, 6.07) is 2.48. The predicted molar refractivity (Wildman–Crippen MR) is 52.0 cm³/mol. The molecule has 17 heavy (non-hydrogen) atoms. The fourth-order valence-corrected chi connectivity index (χ4v) is 1.23. The monoisotopic (exact) mass is 243 g/mol. The van der Waals surface area contributed by atoms with Gasteiger partial charge in [0.05, 0.1) is 6.20 Å². The van der Waals surface area contributed by atoms with Gasteiger partial charge in [-0.05, 0) is 12.1 Å². The highest BCUT2D eigenvalue weighted by Gasteiger charge is 2.11. The molecule has 0 aliphatic carbocycles. The summed E-state index contributed by atoms with van der Waals surface area (Å²) in [7, 11) is 0. The van der Waals surface area contributed by atoms with Crippen molar-refractivity contribution in [1.82, 2.24) is 14.5 Å². The summed E-state index contributed by atoms with van der Waals surface area (Å²) < 4.78 is 43.2. The zero-order valence-electron chi connectivity index (χ0n) is 8.55. The van der Waals surface area contributed by atoms with Gasteiger partial charge in [-0.1, -0.05) is 0 Å². The van der Waals surface area contributed by atoms with Gasteiger partial charge in [-0.3, -0.25) is 4.57 Å². The van der Waals surface area contributed by atoms with Crippen LogP contribution in [-0.2, 0) is 6.61 Å². The Balaban J connectivity index is 2.02. The average Bonchev–Trinajstić information content (AvgIpc) is 2.76. The summed E-state index contributed by atoms with van der Waals surface area (Å²) in [6.07, 6.45) is 3.59. The normalized spacial score (nSPS) is 10.8. The molecule has 7 heteroatoms. The van der Waals surface area contributed by atoms with E-state index < -0.39 is 12.5 Å². The fourth-order valence-electron chi connectivity index (χ4n) is 1.23. The van der Waals surface area contributed by atoms with Crippen LogP contribution in [0.3, 0.4) is 0 Å². The SMILES string of the molecule is Fc1ccc(OCc2nccn2C(F)F)cn1. The number of halogens is 3. The molecule has 0 saturated heterocycles. The molecule has 0 saturated carbocycles. The Morgan fingerprint density at radius 3 is 2.76 bits per heavy atom. The van der Waals surface area contributed by atoms with Gasteiger partial charge in [-0.25, -0.2) is 9.97 Å². The van der Waals surface area contributed by atoms with Crippen LogP contribution in [0.2, 0.25) is 0 Å². The van der Waals surface area contributed by atoms with Gasteiger partial charge in [0.2, 0.25) is 5.95 Å². The van der Waals surface area contributed by atoms with Crippen LogP contribution in [-0.4, -0.2) is 14.5 Å². The highest BCUT2D eigenvalue weighted by molar-refractivity contribution is 5.16. The summed E-state index contributed by atoms with van der Waals surface area (Å²) in [5.74, 6) is -0.258. The second-order valence-electron chi connectivity index (χ2n) is 3.13. The highest BCUT2D eigenvalue weighted by atomic mass is 19.3. The molecule has 2 rings (SSSR count). The third kappa shape index (κ3) is 2.74. The van der Waals surface area contributed by atoms with E-state index in [1.807, 2.05) is 0 Å². The molecule has 0 radical (unpaired) electrons. The van der Waals surface area contributed by atoms with E-state index in [9.17, 15) is 13.2 Å². The maximum Gasteiger partial charge on any atom is 0.320 e. The van der Waals surface area contributed by atoms with Crippen LogP contribution in [0, 0.1) is 5.95 Å². The predicted octanol–water partition coefficient (Wildman–Crippen LogP) is 2.39. The van der Waals surface area contributed by atoms with Crippen molar-refractivity contribution in [3.63, 3.8) is 0 Å². The van der Waals surface area contributed by atoms with E-state index in [1.165, 1.54) is 18.5 Å². The summed E-state index contributed by atoms with van der Waals surface area (Å²) in [4.78, 5) is 7.10. The first kappa shape index (κ1) is 11.4. The Kier molecular flexibility index (Phi) is 3.27. The zero-order valence-corrected chi connectivity index (χ0v) is 8.55. The van der Waals surface area contributed by atoms with E-state index in [4.69, 9.17) is 4.74 Å². The number of ether oxygens (including phenoxy) is 1. The molecule has 2 heterocycles. The van der Waals surface area contributed by atoms with Crippen molar-refractivity contribution in [2.45, 2.75) is 13.2 Å². The lowest BCUT2D eigenvalue weighted by molar-refractivity contribution is 0.0632. The smallest absolute Gasteiger partial charge is 0.320 e. The third-order valence-corrected chi connectivity index (χ3v) is 2.03. The van der Waals surface area contributed by atoms with Crippen molar-refractivity contribution in [3.05, 3.63) is 42.5 Å². The minimum atomic E-state index is -2.66. The van der Waals surface area contributed by atoms with Crippen molar-refractivity contribution in [3.8, 4) is 5.75 Å². The van der Waals surface area contributed by atoms with Gasteiger partial charge in [0.1, 0.15) is 12.4 Å². The Morgan fingerprint density at radius 1 is 1.29 bits per heavy atom. The Labute approximate surface area is 94.7 Å². The van der Waals surface area contributed by atoms with E-state index in [0.29, 0.717) is 4.57 Å². The second kappa shape index (κ2) is 4.86. The molecular formula is C10H8F3N3O. The number of hydrogen-bond acceptors (Lipinski definition) is 3. The van der Waals surface area contributed by atoms with E-state index >= 15 is 0 Å². The number of alkyl halides is 2. The van der Waals surface area contributed by atoms with Gasteiger partial charge in [0, 0.05) is 12.4 Å². The maximum atomic E-state index is 12.5. The first-order chi connectivity index (χ1) is 8.16. The maximum absolute atomic E-state index is 12.5. The zero-order chi connectivity index (χ0) is 12.3. The van der Waals surface area contributed by atoms with E-state index in [2.05, 4.69) is 9.97 Å². The lowest BCUT2D eigenvalue weighted by atomic mass is 10.4. The minimum absolute atomic E-state index is 0.0873. The molecule has 90 valence electrons. The lowest BCUT2D eigenvalue weighted by Gasteiger charge is -2.07. The number of imidazole rings is 1. The van der Waals surface area contributed by atoms with E-state index in [0.717, 1.165) is 12.3 Å². The minimum Gasteiger partial charge on any atom is -0.484 e. The molecule has 2 aromatic heterocycles. The highest BCUT2D eigenvalue weighted by Crippen LogP contribution is 2.15. The molecule has 0 atom stereocenters. The molecule has 0 aliphatic heterocycles. The van der Waals surface area contributed by atoms with Gasteiger partial charge in [-0.15, -0.1) is 0 Å². The third-order valence-electron chi connectivity index (χ3n) is 2.03. The molecule has 2 aromatic rings. The van der Waals surface area contributed by atoms with Crippen LogP contribution in [0.4, 0.5) is 13.2 Å². The van der Waals surface area contributed by atoms with Crippen molar-refractivity contribution < 1.29 is 17.9 Å². The average molecular weight is 243 g/mol. The molecule has 0 spiro atoms. The first-order valence-electron chi connectivity index (χ1n) is 4.71. The molecule has 0 N–H and O–H groups in total. The fraction of sp³-hybridized carbons (Fsp3) is 0.200. The number of rotatable bonds is 4. The van der Waals surface area contributed by atoms with Gasteiger partial charge in [-0.2, -0.15) is 13.2 Å². The Morgan fingerprint density at radius 2 is 2.12 bits per heavy atom. The number of aromatic nitrogens is 3. The first-order valence-corrected chi connectivity index (χ1v) is 4.71. The van der Waals surface area contributed by atoms with Crippen LogP contribution in [0.1, 0.15) is 12.4 Å². The van der Waals surface area contributed by atoms with Gasteiger partial charge in [0.15, 0.2) is 5.82 Å². The molecule has 0 aromatic carbocycles. The molecule has 4 nitrogen and oxygen atoms in total. The van der Waals surface area contributed by atoms with Gasteiger partial charge < -0.3 is 4.74 Å². The van der Waals surface area contributed by atoms with Crippen LogP contribution in [0.5, 0.6) is 5.75 Å². The van der Waals surface area contributed by atoms with Crippen molar-refractivity contribution in [2.75, 3.05) is 0 Å². The molecule has 0 fully saturated rings. The summed E-state index contributed by atoms with van der Waals surface area (Å²) >= 11 is 0. The Bertz CT molecular complexity index is 484. The van der Waals surface area contributed by atoms with Gasteiger partial charge in [0.25, 0.3) is 0 Å².